The number of urea groups is 1. The first-order chi connectivity index (χ1) is 9.38. The van der Waals surface area contributed by atoms with Crippen LogP contribution in [0.1, 0.15) is 10.4 Å². The molecular formula is C12H10Cl2N4O2. The first kappa shape index (κ1) is 14.2. The lowest BCUT2D eigenvalue weighted by molar-refractivity contribution is 0.100. The second-order valence-corrected chi connectivity index (χ2v) is 4.77. The highest BCUT2D eigenvalue weighted by Gasteiger charge is 2.15. The van der Waals surface area contributed by atoms with E-state index in [4.69, 9.17) is 34.7 Å². The number of nitrogens with two attached hydrogens (primary N) is 2. The smallest absolute Gasteiger partial charge is 0.317 e. The van der Waals surface area contributed by atoms with Crippen LogP contribution in [0.4, 0.5) is 10.6 Å². The van der Waals surface area contributed by atoms with Crippen molar-refractivity contribution in [3.05, 3.63) is 39.9 Å². The van der Waals surface area contributed by atoms with Crippen molar-refractivity contribution in [2.75, 3.05) is 5.32 Å². The van der Waals surface area contributed by atoms with Crippen LogP contribution in [-0.4, -0.2) is 16.9 Å². The number of carbonyl (C=O) groups excluding carboxylic acids is 2. The van der Waals surface area contributed by atoms with E-state index in [1.54, 1.807) is 18.2 Å². The van der Waals surface area contributed by atoms with Crippen LogP contribution in [-0.2, 0) is 0 Å². The molecular weight excluding hydrogens is 303 g/mol. The van der Waals surface area contributed by atoms with Crippen LogP contribution in [0.15, 0.2) is 24.3 Å². The minimum Gasteiger partial charge on any atom is -0.365 e. The summed E-state index contributed by atoms with van der Waals surface area (Å²) in [6, 6.07) is 5.63. The molecule has 0 aliphatic rings. The van der Waals surface area contributed by atoms with Crippen molar-refractivity contribution in [1.82, 2.24) is 4.98 Å². The molecule has 20 heavy (non-hydrogen) atoms. The third kappa shape index (κ3) is 2.87. The number of aromatic amines is 1. The average Bonchev–Trinajstić information content (AvgIpc) is 2.76. The Balaban J connectivity index is 2.49. The Morgan fingerprint density at radius 1 is 1.10 bits per heavy atom. The Hall–Kier alpha value is -2.18. The van der Waals surface area contributed by atoms with Gasteiger partial charge in [0, 0.05) is 5.69 Å². The summed E-state index contributed by atoms with van der Waals surface area (Å²) in [7, 11) is 0. The van der Waals surface area contributed by atoms with Gasteiger partial charge in [0.25, 0.3) is 5.91 Å². The molecule has 6 nitrogen and oxygen atoms in total. The van der Waals surface area contributed by atoms with E-state index in [0.717, 1.165) is 0 Å². The van der Waals surface area contributed by atoms with Gasteiger partial charge in [0.05, 0.1) is 15.6 Å². The minimum atomic E-state index is -0.810. The zero-order chi connectivity index (χ0) is 14.9. The summed E-state index contributed by atoms with van der Waals surface area (Å²) in [6.45, 7) is 0. The lowest BCUT2D eigenvalue weighted by Gasteiger charge is -2.01. The number of benzene rings is 1. The maximum Gasteiger partial charge on any atom is 0.317 e. The monoisotopic (exact) mass is 312 g/mol. The summed E-state index contributed by atoms with van der Waals surface area (Å²) < 4.78 is 0. The Bertz CT molecular complexity index is 697. The van der Waals surface area contributed by atoms with Gasteiger partial charge in [-0.25, -0.2) is 4.79 Å². The van der Waals surface area contributed by atoms with E-state index in [2.05, 4.69) is 10.3 Å². The van der Waals surface area contributed by atoms with E-state index in [1.165, 1.54) is 6.07 Å². The molecule has 1 heterocycles. The average molecular weight is 313 g/mol. The molecule has 0 spiro atoms. The minimum absolute atomic E-state index is 0.116. The molecule has 0 saturated carbocycles. The Labute approximate surface area is 124 Å². The van der Waals surface area contributed by atoms with E-state index < -0.39 is 11.9 Å². The molecule has 0 bridgehead atoms. The van der Waals surface area contributed by atoms with E-state index in [1.807, 2.05) is 0 Å². The predicted octanol–water partition coefficient (Wildman–Crippen LogP) is 2.58. The summed E-state index contributed by atoms with van der Waals surface area (Å²) in [6.07, 6.45) is 0. The lowest BCUT2D eigenvalue weighted by Crippen LogP contribution is -2.22. The third-order valence-electron chi connectivity index (χ3n) is 2.56. The van der Waals surface area contributed by atoms with Crippen molar-refractivity contribution in [3.63, 3.8) is 0 Å². The third-order valence-corrected chi connectivity index (χ3v) is 3.30. The van der Waals surface area contributed by atoms with Crippen molar-refractivity contribution in [1.29, 1.82) is 0 Å². The van der Waals surface area contributed by atoms with Gasteiger partial charge in [-0.05, 0) is 23.8 Å². The highest BCUT2D eigenvalue weighted by atomic mass is 35.5. The van der Waals surface area contributed by atoms with Crippen LogP contribution in [0.3, 0.4) is 0 Å². The Morgan fingerprint density at radius 2 is 1.80 bits per heavy atom. The van der Waals surface area contributed by atoms with Gasteiger partial charge < -0.3 is 16.5 Å². The quantitative estimate of drug-likeness (QED) is 0.697. The van der Waals surface area contributed by atoms with Crippen LogP contribution < -0.4 is 16.8 Å². The predicted molar refractivity (Wildman–Crippen MR) is 78.0 cm³/mol. The summed E-state index contributed by atoms with van der Waals surface area (Å²) in [5.41, 5.74) is 11.6. The van der Waals surface area contributed by atoms with Crippen molar-refractivity contribution in [3.8, 4) is 11.3 Å². The fourth-order valence-corrected chi connectivity index (χ4v) is 1.99. The van der Waals surface area contributed by atoms with Crippen molar-refractivity contribution in [2.24, 2.45) is 11.5 Å². The first-order valence-corrected chi connectivity index (χ1v) is 6.18. The van der Waals surface area contributed by atoms with Gasteiger partial charge >= 0.3 is 6.03 Å². The molecule has 2 aromatic rings. The second kappa shape index (κ2) is 5.44. The molecule has 1 aromatic heterocycles. The van der Waals surface area contributed by atoms with Crippen LogP contribution >= 0.6 is 23.2 Å². The first-order valence-electron chi connectivity index (χ1n) is 5.43. The van der Waals surface area contributed by atoms with Crippen molar-refractivity contribution < 1.29 is 9.59 Å². The number of carbonyl (C=O) groups is 2. The molecule has 104 valence electrons. The molecule has 0 unspecified atom stereocenters. The van der Waals surface area contributed by atoms with Gasteiger partial charge in [-0.15, -0.1) is 0 Å². The number of primary amides is 2. The van der Waals surface area contributed by atoms with Gasteiger partial charge in [0.1, 0.15) is 5.82 Å². The van der Waals surface area contributed by atoms with E-state index in [-0.39, 0.29) is 11.4 Å². The molecule has 2 rings (SSSR count). The van der Waals surface area contributed by atoms with Crippen LogP contribution in [0.5, 0.6) is 0 Å². The largest absolute Gasteiger partial charge is 0.365 e. The molecule has 0 aliphatic heterocycles. The summed E-state index contributed by atoms with van der Waals surface area (Å²) in [4.78, 5) is 25.1. The maximum absolute atomic E-state index is 11.3. The zero-order valence-corrected chi connectivity index (χ0v) is 11.5. The van der Waals surface area contributed by atoms with Crippen molar-refractivity contribution in [2.45, 2.75) is 0 Å². The molecule has 0 atom stereocenters. The molecule has 3 amide bonds. The lowest BCUT2D eigenvalue weighted by atomic mass is 10.1. The topological polar surface area (TPSA) is 114 Å². The number of rotatable bonds is 3. The number of nitrogens with one attached hydrogen (secondary N) is 2. The standard InChI is InChI=1S/C12H10Cl2N4O2/c13-7-2-1-5(3-8(7)14)9-4-6(10(15)19)11(17-9)18-12(16)20/h1-4,17H,(H2,15,19)(H3,16,18,20). The fourth-order valence-electron chi connectivity index (χ4n) is 1.69. The van der Waals surface area contributed by atoms with Gasteiger partial charge in [0.2, 0.25) is 0 Å². The van der Waals surface area contributed by atoms with Crippen LogP contribution in [0, 0.1) is 0 Å². The number of amides is 3. The molecule has 6 N–H and O–H groups in total. The van der Waals surface area contributed by atoms with E-state index >= 15 is 0 Å². The normalized spacial score (nSPS) is 10.3. The van der Waals surface area contributed by atoms with Crippen LogP contribution in [0.25, 0.3) is 11.3 Å². The maximum atomic E-state index is 11.3. The van der Waals surface area contributed by atoms with Gasteiger partial charge in [-0.2, -0.15) is 0 Å². The summed E-state index contributed by atoms with van der Waals surface area (Å²) in [5.74, 6) is -0.567. The second-order valence-electron chi connectivity index (χ2n) is 3.95. The van der Waals surface area contributed by atoms with Gasteiger partial charge in [-0.1, -0.05) is 29.3 Å². The summed E-state index contributed by atoms with van der Waals surface area (Å²) >= 11 is 11.8. The zero-order valence-electron chi connectivity index (χ0n) is 10.0. The van der Waals surface area contributed by atoms with E-state index in [9.17, 15) is 9.59 Å². The van der Waals surface area contributed by atoms with E-state index in [0.29, 0.717) is 21.3 Å². The highest BCUT2D eigenvalue weighted by molar-refractivity contribution is 6.42. The van der Waals surface area contributed by atoms with Gasteiger partial charge in [-0.3, -0.25) is 10.1 Å². The summed E-state index contributed by atoms with van der Waals surface area (Å²) in [5, 5.41) is 3.07. The number of aromatic nitrogens is 1. The number of anilines is 1. The number of H-pyrrole nitrogens is 1. The molecule has 8 heteroatoms. The molecule has 0 aliphatic carbocycles. The number of hydrogen-bond acceptors (Lipinski definition) is 2. The SMILES string of the molecule is NC(=O)Nc1[nH]c(-c2ccc(Cl)c(Cl)c2)cc1C(N)=O. The highest BCUT2D eigenvalue weighted by Crippen LogP contribution is 2.30. The molecule has 0 radical (unpaired) electrons. The Morgan fingerprint density at radius 3 is 2.35 bits per heavy atom. The van der Waals surface area contributed by atoms with Gasteiger partial charge in [0.15, 0.2) is 0 Å². The number of hydrogen-bond donors (Lipinski definition) is 4. The molecule has 0 saturated heterocycles. The number of halogens is 2. The molecule has 0 fully saturated rings. The van der Waals surface area contributed by atoms with Crippen molar-refractivity contribution >= 4 is 41.0 Å². The fraction of sp³-hybridized carbons (Fsp3) is 0. The van der Waals surface area contributed by atoms with Crippen LogP contribution in [0.2, 0.25) is 10.0 Å². The molecule has 1 aromatic carbocycles. The Kier molecular flexibility index (Phi) is 3.87.